The Morgan fingerprint density at radius 1 is 1.05 bits per heavy atom. The van der Waals surface area contributed by atoms with Crippen molar-refractivity contribution >= 4 is 11.8 Å². The van der Waals surface area contributed by atoms with E-state index in [9.17, 15) is 24.9 Å². The molecule has 4 atom stereocenters. The number of nitrogens with one attached hydrogen (secondary N) is 1. The molecule has 0 aromatic heterocycles. The van der Waals surface area contributed by atoms with Crippen LogP contribution in [0, 0.1) is 5.92 Å². The number of amides is 2. The maximum atomic E-state index is 14.1. The third-order valence-corrected chi connectivity index (χ3v) is 9.56. The number of carbonyl (C=O) groups excluding carboxylic acids is 2. The summed E-state index contributed by atoms with van der Waals surface area (Å²) in [5.74, 6) is 0.497. The lowest BCUT2D eigenvalue weighted by Crippen LogP contribution is -2.58. The number of carbonyl (C=O) groups is 2. The number of ether oxygens (including phenoxy) is 2. The van der Waals surface area contributed by atoms with Gasteiger partial charge in [-0.3, -0.25) is 9.59 Å². The third kappa shape index (κ3) is 6.27. The summed E-state index contributed by atoms with van der Waals surface area (Å²) >= 11 is 0. The zero-order valence-corrected chi connectivity index (χ0v) is 24.2. The molecule has 1 aliphatic heterocycles. The molecule has 1 aromatic rings. The fourth-order valence-corrected chi connectivity index (χ4v) is 7.49. The van der Waals surface area contributed by atoms with Crippen LogP contribution in [0.1, 0.15) is 94.1 Å². The van der Waals surface area contributed by atoms with Gasteiger partial charge in [-0.1, -0.05) is 51.4 Å². The molecular formula is C32H46N2O7. The molecule has 0 bridgehead atoms. The first-order valence-electron chi connectivity index (χ1n) is 15.5. The van der Waals surface area contributed by atoms with Crippen molar-refractivity contribution in [2.45, 2.75) is 114 Å². The van der Waals surface area contributed by atoms with Gasteiger partial charge in [0.25, 0.3) is 0 Å². The summed E-state index contributed by atoms with van der Waals surface area (Å²) in [5.41, 5.74) is 1.67. The molecule has 0 saturated heterocycles. The number of hydrogen-bond donors (Lipinski definition) is 4. The highest BCUT2D eigenvalue weighted by atomic mass is 16.5. The largest absolute Gasteiger partial charge is 0.493 e. The number of fused-ring (bicyclic) bond motifs is 3. The van der Waals surface area contributed by atoms with Crippen molar-refractivity contribution < 1.29 is 34.4 Å². The summed E-state index contributed by atoms with van der Waals surface area (Å²) in [5, 5.41) is 34.0. The van der Waals surface area contributed by atoms with Gasteiger partial charge in [0.1, 0.15) is 12.2 Å². The lowest BCUT2D eigenvalue weighted by Gasteiger charge is -2.44. The van der Waals surface area contributed by atoms with Crippen molar-refractivity contribution in [1.29, 1.82) is 0 Å². The molecule has 2 saturated carbocycles. The van der Waals surface area contributed by atoms with E-state index in [4.69, 9.17) is 9.47 Å². The third-order valence-electron chi connectivity index (χ3n) is 9.56. The SMILES string of the molecule is COc1cc(CO)cc2c1O[C@@H]1[C@@H](O)[C@H](N(C(=O)CCC3CCCC3)C3CCCCCC3)C=C(C(=O)NCCO)[C@H]21. The first-order chi connectivity index (χ1) is 20.0. The second-order valence-electron chi connectivity index (χ2n) is 12.2. The first kappa shape index (κ1) is 29.9. The van der Waals surface area contributed by atoms with Gasteiger partial charge in [0.2, 0.25) is 11.8 Å². The zero-order valence-electron chi connectivity index (χ0n) is 24.2. The summed E-state index contributed by atoms with van der Waals surface area (Å²) in [7, 11) is 1.52. The standard InChI is InChI=1S/C32H46N2O7/c1-40-26-17-21(19-36)16-23-28-24(32(39)33-14-15-35)18-25(29(38)31(28)41-30(23)26)34(22-10-4-2-3-5-11-22)27(37)13-12-20-8-6-7-9-20/h16-18,20,22,25,28-29,31,35-36,38H,2-15,19H2,1H3,(H,33,39)/t25-,28+,29+,31+/m1/s1. The van der Waals surface area contributed by atoms with Gasteiger partial charge in [0.15, 0.2) is 11.5 Å². The first-order valence-corrected chi connectivity index (χ1v) is 15.5. The minimum Gasteiger partial charge on any atom is -0.493 e. The zero-order chi connectivity index (χ0) is 28.9. The van der Waals surface area contributed by atoms with Crippen LogP contribution in [0.5, 0.6) is 11.5 Å². The lowest BCUT2D eigenvalue weighted by molar-refractivity contribution is -0.141. The van der Waals surface area contributed by atoms with Crippen molar-refractivity contribution in [3.8, 4) is 11.5 Å². The summed E-state index contributed by atoms with van der Waals surface area (Å²) in [4.78, 5) is 29.5. The van der Waals surface area contributed by atoms with Gasteiger partial charge in [0, 0.05) is 30.1 Å². The maximum Gasteiger partial charge on any atom is 0.247 e. The number of rotatable bonds is 10. The van der Waals surface area contributed by atoms with Crippen LogP contribution < -0.4 is 14.8 Å². The molecule has 5 rings (SSSR count). The van der Waals surface area contributed by atoms with E-state index in [1.807, 2.05) is 4.90 Å². The normalized spacial score (nSPS) is 26.4. The fraction of sp³-hybridized carbons (Fsp3) is 0.688. The molecule has 2 fully saturated rings. The molecule has 4 N–H and O–H groups in total. The number of aliphatic hydroxyl groups is 3. The Morgan fingerprint density at radius 3 is 2.41 bits per heavy atom. The lowest BCUT2D eigenvalue weighted by atomic mass is 9.76. The minimum absolute atomic E-state index is 0.0120. The second-order valence-corrected chi connectivity index (χ2v) is 12.2. The van der Waals surface area contributed by atoms with Crippen molar-refractivity contribution in [2.24, 2.45) is 5.92 Å². The topological polar surface area (TPSA) is 129 Å². The number of hydrogen-bond acceptors (Lipinski definition) is 7. The summed E-state index contributed by atoms with van der Waals surface area (Å²) < 4.78 is 11.9. The molecule has 9 nitrogen and oxygen atoms in total. The smallest absolute Gasteiger partial charge is 0.247 e. The highest BCUT2D eigenvalue weighted by Crippen LogP contribution is 2.51. The predicted octanol–water partition coefficient (Wildman–Crippen LogP) is 3.33. The van der Waals surface area contributed by atoms with E-state index in [2.05, 4.69) is 5.32 Å². The van der Waals surface area contributed by atoms with Gasteiger partial charge in [-0.15, -0.1) is 0 Å². The molecular weight excluding hydrogens is 524 g/mol. The van der Waals surface area contributed by atoms with Gasteiger partial charge >= 0.3 is 0 Å². The Bertz CT molecular complexity index is 1110. The average Bonchev–Trinajstić information content (AvgIpc) is 3.57. The number of benzene rings is 1. The molecule has 9 heteroatoms. The van der Waals surface area contributed by atoms with Crippen LogP contribution in [0.4, 0.5) is 0 Å². The van der Waals surface area contributed by atoms with Gasteiger partial charge in [-0.05, 0) is 49.0 Å². The van der Waals surface area contributed by atoms with E-state index < -0.39 is 24.2 Å². The molecule has 0 spiro atoms. The average molecular weight is 571 g/mol. The Kier molecular flexibility index (Phi) is 9.88. The predicted molar refractivity (Wildman–Crippen MR) is 154 cm³/mol. The van der Waals surface area contributed by atoms with Crippen LogP contribution in [0.3, 0.4) is 0 Å². The molecule has 0 radical (unpaired) electrons. The van der Waals surface area contributed by atoms with Gasteiger partial charge in [0.05, 0.1) is 32.3 Å². The molecule has 3 aliphatic carbocycles. The van der Waals surface area contributed by atoms with E-state index in [-0.39, 0.29) is 37.6 Å². The summed E-state index contributed by atoms with van der Waals surface area (Å²) in [6.07, 6.45) is 12.1. The number of methoxy groups -OCH3 is 1. The molecule has 41 heavy (non-hydrogen) atoms. The fourth-order valence-electron chi connectivity index (χ4n) is 7.49. The van der Waals surface area contributed by atoms with Crippen molar-refractivity contribution in [1.82, 2.24) is 10.2 Å². The van der Waals surface area contributed by atoms with Crippen LogP contribution in [0.25, 0.3) is 0 Å². The monoisotopic (exact) mass is 570 g/mol. The Labute approximate surface area is 242 Å². The molecule has 1 heterocycles. The summed E-state index contributed by atoms with van der Waals surface area (Å²) in [6.45, 7) is -0.337. The van der Waals surface area contributed by atoms with Gasteiger partial charge in [-0.25, -0.2) is 0 Å². The van der Waals surface area contributed by atoms with E-state index in [0.29, 0.717) is 40.5 Å². The van der Waals surface area contributed by atoms with Crippen molar-refractivity contribution in [3.63, 3.8) is 0 Å². The molecule has 2 amide bonds. The highest BCUT2D eigenvalue weighted by molar-refractivity contribution is 5.96. The maximum absolute atomic E-state index is 14.1. The highest BCUT2D eigenvalue weighted by Gasteiger charge is 2.52. The van der Waals surface area contributed by atoms with Crippen LogP contribution in [0.2, 0.25) is 0 Å². The Hall–Kier alpha value is -2.62. The molecule has 4 aliphatic rings. The van der Waals surface area contributed by atoms with Gasteiger partial charge in [-0.2, -0.15) is 0 Å². The van der Waals surface area contributed by atoms with Gasteiger partial charge < -0.3 is 35.0 Å². The van der Waals surface area contributed by atoms with Crippen molar-refractivity contribution in [2.75, 3.05) is 20.3 Å². The molecule has 0 unspecified atom stereocenters. The quantitative estimate of drug-likeness (QED) is 0.318. The van der Waals surface area contributed by atoms with Crippen LogP contribution in [-0.2, 0) is 16.2 Å². The minimum atomic E-state index is -1.07. The van der Waals surface area contributed by atoms with E-state index in [0.717, 1.165) is 44.9 Å². The van der Waals surface area contributed by atoms with E-state index in [1.165, 1.54) is 32.8 Å². The Morgan fingerprint density at radius 2 is 1.76 bits per heavy atom. The van der Waals surface area contributed by atoms with E-state index in [1.54, 1.807) is 18.2 Å². The molecule has 1 aromatic carbocycles. The van der Waals surface area contributed by atoms with E-state index >= 15 is 0 Å². The van der Waals surface area contributed by atoms with Crippen molar-refractivity contribution in [3.05, 3.63) is 34.9 Å². The number of aliphatic hydroxyl groups excluding tert-OH is 3. The van der Waals surface area contributed by atoms with Crippen LogP contribution >= 0.6 is 0 Å². The Balaban J connectivity index is 1.54. The molecule has 226 valence electrons. The number of nitrogens with zero attached hydrogens (tertiary/aromatic N) is 1. The van der Waals surface area contributed by atoms with Crippen LogP contribution in [0.15, 0.2) is 23.8 Å². The summed E-state index contributed by atoms with van der Waals surface area (Å²) in [6, 6.07) is 2.75. The second kappa shape index (κ2) is 13.6. The van der Waals surface area contributed by atoms with Crippen LogP contribution in [-0.4, -0.2) is 76.6 Å².